The second-order valence-electron chi connectivity index (χ2n) is 7.28. The van der Waals surface area contributed by atoms with E-state index >= 15 is 0 Å². The average molecular weight is 429 g/mol. The maximum Gasteiger partial charge on any atom is 0.258 e. The van der Waals surface area contributed by atoms with Crippen LogP contribution in [0.3, 0.4) is 0 Å². The van der Waals surface area contributed by atoms with Gasteiger partial charge in [0.05, 0.1) is 27.2 Å². The molecule has 0 fully saturated rings. The van der Waals surface area contributed by atoms with E-state index in [1.54, 1.807) is 73.8 Å². The fourth-order valence-corrected chi connectivity index (χ4v) is 3.61. The van der Waals surface area contributed by atoms with Crippen molar-refractivity contribution < 1.29 is 14.3 Å². The number of benzene rings is 2. The van der Waals surface area contributed by atoms with E-state index in [4.69, 9.17) is 9.47 Å². The molecule has 32 heavy (non-hydrogen) atoms. The first-order chi connectivity index (χ1) is 15.6. The van der Waals surface area contributed by atoms with Crippen molar-refractivity contribution in [2.75, 3.05) is 19.5 Å². The van der Waals surface area contributed by atoms with Crippen LogP contribution in [-0.2, 0) is 17.8 Å². The van der Waals surface area contributed by atoms with Gasteiger partial charge in [-0.2, -0.15) is 0 Å². The van der Waals surface area contributed by atoms with Gasteiger partial charge in [-0.25, -0.2) is 0 Å². The Morgan fingerprint density at radius 2 is 1.91 bits per heavy atom. The predicted molar refractivity (Wildman–Crippen MR) is 123 cm³/mol. The minimum absolute atomic E-state index is 0.126. The first-order valence-corrected chi connectivity index (χ1v) is 10.1. The SMILES string of the molecule is COc1ccc(CC(=O)Nc2cccc3c(=O)n(Cc4cccnc4)ccc23)c(OC)c1. The summed E-state index contributed by atoms with van der Waals surface area (Å²) in [5.74, 6) is 1.03. The van der Waals surface area contributed by atoms with Crippen molar-refractivity contribution in [2.45, 2.75) is 13.0 Å². The molecule has 0 atom stereocenters. The van der Waals surface area contributed by atoms with Crippen molar-refractivity contribution in [1.82, 2.24) is 9.55 Å². The van der Waals surface area contributed by atoms with Crippen LogP contribution in [0.5, 0.6) is 11.5 Å². The number of hydrogen-bond donors (Lipinski definition) is 1. The molecule has 0 saturated carbocycles. The van der Waals surface area contributed by atoms with Crippen LogP contribution in [0.25, 0.3) is 10.8 Å². The summed E-state index contributed by atoms with van der Waals surface area (Å²) in [6, 6.07) is 16.3. The van der Waals surface area contributed by atoms with Gasteiger partial charge in [0.25, 0.3) is 5.56 Å². The van der Waals surface area contributed by atoms with E-state index in [-0.39, 0.29) is 17.9 Å². The number of rotatable bonds is 7. The van der Waals surface area contributed by atoms with E-state index in [1.165, 1.54) is 0 Å². The van der Waals surface area contributed by atoms with E-state index in [9.17, 15) is 9.59 Å². The van der Waals surface area contributed by atoms with Crippen molar-refractivity contribution in [3.8, 4) is 11.5 Å². The lowest BCUT2D eigenvalue weighted by molar-refractivity contribution is -0.115. The Morgan fingerprint density at radius 1 is 1.03 bits per heavy atom. The molecule has 0 radical (unpaired) electrons. The number of hydrogen-bond acceptors (Lipinski definition) is 5. The minimum atomic E-state index is -0.208. The van der Waals surface area contributed by atoms with Crippen LogP contribution >= 0.6 is 0 Å². The monoisotopic (exact) mass is 429 g/mol. The smallest absolute Gasteiger partial charge is 0.258 e. The fourth-order valence-electron chi connectivity index (χ4n) is 3.61. The first-order valence-electron chi connectivity index (χ1n) is 10.1. The highest BCUT2D eigenvalue weighted by atomic mass is 16.5. The zero-order valence-corrected chi connectivity index (χ0v) is 17.9. The van der Waals surface area contributed by atoms with Gasteiger partial charge in [-0.3, -0.25) is 14.6 Å². The molecule has 4 rings (SSSR count). The first kappa shape index (κ1) is 21.1. The van der Waals surface area contributed by atoms with Gasteiger partial charge < -0.3 is 19.4 Å². The van der Waals surface area contributed by atoms with E-state index < -0.39 is 0 Å². The Balaban J connectivity index is 1.58. The molecule has 0 unspecified atom stereocenters. The van der Waals surface area contributed by atoms with Gasteiger partial charge in [0.1, 0.15) is 11.5 Å². The minimum Gasteiger partial charge on any atom is -0.497 e. The molecule has 7 nitrogen and oxygen atoms in total. The van der Waals surface area contributed by atoms with Crippen LogP contribution in [0.4, 0.5) is 5.69 Å². The summed E-state index contributed by atoms with van der Waals surface area (Å²) in [5.41, 5.74) is 2.14. The largest absolute Gasteiger partial charge is 0.497 e. The molecule has 0 aliphatic heterocycles. The quantitative estimate of drug-likeness (QED) is 0.485. The third-order valence-corrected chi connectivity index (χ3v) is 5.21. The molecule has 162 valence electrons. The lowest BCUT2D eigenvalue weighted by Gasteiger charge is -2.13. The van der Waals surface area contributed by atoms with Crippen molar-refractivity contribution in [3.63, 3.8) is 0 Å². The number of nitrogens with zero attached hydrogens (tertiary/aromatic N) is 2. The van der Waals surface area contributed by atoms with E-state index in [2.05, 4.69) is 10.3 Å². The number of fused-ring (bicyclic) bond motifs is 1. The summed E-state index contributed by atoms with van der Waals surface area (Å²) in [6.45, 7) is 0.427. The van der Waals surface area contributed by atoms with Crippen LogP contribution in [-0.4, -0.2) is 29.7 Å². The Labute approximate surface area is 185 Å². The molecule has 1 amide bonds. The number of amides is 1. The highest BCUT2D eigenvalue weighted by Crippen LogP contribution is 2.26. The number of methoxy groups -OCH3 is 2. The second-order valence-corrected chi connectivity index (χ2v) is 7.28. The van der Waals surface area contributed by atoms with E-state index in [0.717, 1.165) is 11.1 Å². The summed E-state index contributed by atoms with van der Waals surface area (Å²) in [6.07, 6.45) is 5.30. The molecule has 0 saturated heterocycles. The van der Waals surface area contributed by atoms with Gasteiger partial charge in [-0.05, 0) is 35.9 Å². The Bertz CT molecular complexity index is 1320. The average Bonchev–Trinajstić information content (AvgIpc) is 2.82. The van der Waals surface area contributed by atoms with Crippen LogP contribution in [0, 0.1) is 0 Å². The summed E-state index contributed by atoms with van der Waals surface area (Å²) in [7, 11) is 3.13. The number of anilines is 1. The lowest BCUT2D eigenvalue weighted by atomic mass is 10.1. The molecule has 0 aliphatic rings. The molecule has 0 spiro atoms. The second kappa shape index (κ2) is 9.34. The van der Waals surface area contributed by atoms with Gasteiger partial charge in [-0.1, -0.05) is 18.2 Å². The van der Waals surface area contributed by atoms with Crippen LogP contribution in [0.2, 0.25) is 0 Å². The predicted octanol–water partition coefficient (Wildman–Crippen LogP) is 3.64. The maximum absolute atomic E-state index is 13.0. The number of carbonyl (C=O) groups excluding carboxylic acids is 1. The number of aromatic nitrogens is 2. The number of ether oxygens (including phenoxy) is 2. The fraction of sp³-hybridized carbons (Fsp3) is 0.160. The van der Waals surface area contributed by atoms with Gasteiger partial charge in [0.15, 0.2) is 0 Å². The summed E-state index contributed by atoms with van der Waals surface area (Å²) >= 11 is 0. The van der Waals surface area contributed by atoms with Crippen molar-refractivity contribution in [3.05, 3.63) is 94.7 Å². The molecule has 0 bridgehead atoms. The van der Waals surface area contributed by atoms with E-state index in [0.29, 0.717) is 34.5 Å². The van der Waals surface area contributed by atoms with Gasteiger partial charge in [0, 0.05) is 46.7 Å². The van der Waals surface area contributed by atoms with Crippen molar-refractivity contribution >= 4 is 22.4 Å². The van der Waals surface area contributed by atoms with E-state index in [1.807, 2.05) is 18.2 Å². The Kier molecular flexibility index (Phi) is 6.17. The molecule has 7 heteroatoms. The van der Waals surface area contributed by atoms with Gasteiger partial charge in [-0.15, -0.1) is 0 Å². The molecule has 4 aromatic rings. The normalized spacial score (nSPS) is 10.7. The van der Waals surface area contributed by atoms with Crippen LogP contribution in [0.15, 0.2) is 78.0 Å². The molecule has 2 heterocycles. The highest BCUT2D eigenvalue weighted by Gasteiger charge is 2.13. The third-order valence-electron chi connectivity index (χ3n) is 5.21. The summed E-state index contributed by atoms with van der Waals surface area (Å²) in [4.78, 5) is 29.9. The van der Waals surface area contributed by atoms with Gasteiger partial charge in [0.2, 0.25) is 5.91 Å². The number of pyridine rings is 2. The topological polar surface area (TPSA) is 82.5 Å². The number of nitrogens with one attached hydrogen (secondary N) is 1. The number of carbonyl (C=O) groups is 1. The lowest BCUT2D eigenvalue weighted by Crippen LogP contribution is -2.21. The zero-order chi connectivity index (χ0) is 22.5. The summed E-state index contributed by atoms with van der Waals surface area (Å²) < 4.78 is 12.2. The Morgan fingerprint density at radius 3 is 2.66 bits per heavy atom. The van der Waals surface area contributed by atoms with Crippen LogP contribution < -0.4 is 20.3 Å². The van der Waals surface area contributed by atoms with Crippen molar-refractivity contribution in [1.29, 1.82) is 0 Å². The molecule has 2 aromatic carbocycles. The maximum atomic E-state index is 13.0. The Hall–Kier alpha value is -4.13. The van der Waals surface area contributed by atoms with Gasteiger partial charge >= 0.3 is 0 Å². The highest BCUT2D eigenvalue weighted by molar-refractivity contribution is 6.02. The molecular weight excluding hydrogens is 406 g/mol. The zero-order valence-electron chi connectivity index (χ0n) is 17.9. The third kappa shape index (κ3) is 4.46. The molecular formula is C25H23N3O4. The molecule has 2 aromatic heterocycles. The molecule has 0 aliphatic carbocycles. The van der Waals surface area contributed by atoms with Crippen LogP contribution in [0.1, 0.15) is 11.1 Å². The summed E-state index contributed by atoms with van der Waals surface area (Å²) in [5, 5.41) is 4.15. The van der Waals surface area contributed by atoms with Crippen molar-refractivity contribution in [2.24, 2.45) is 0 Å². The standard InChI is InChI=1S/C25H23N3O4/c1-31-19-9-8-18(23(14-19)32-2)13-24(29)27-22-7-3-6-21-20(22)10-12-28(25(21)30)16-17-5-4-11-26-15-17/h3-12,14-15H,13,16H2,1-2H3,(H,27,29). The molecule has 1 N–H and O–H groups in total.